The summed E-state index contributed by atoms with van der Waals surface area (Å²) in [4.78, 5) is 4.28. The summed E-state index contributed by atoms with van der Waals surface area (Å²) in [6.45, 7) is 1.99. The van der Waals surface area contributed by atoms with Crippen LogP contribution in [-0.4, -0.2) is 30.7 Å². The molecule has 0 amide bonds. The van der Waals surface area contributed by atoms with Gasteiger partial charge in [0.05, 0.1) is 27.0 Å². The van der Waals surface area contributed by atoms with Crippen LogP contribution in [0, 0.1) is 6.92 Å². The molecule has 0 N–H and O–H groups in total. The minimum absolute atomic E-state index is 0.588. The molecule has 1 aromatic carbocycles. The minimum atomic E-state index is 0.588. The number of benzene rings is 1. The van der Waals surface area contributed by atoms with Crippen molar-refractivity contribution in [3.05, 3.63) is 41.4 Å². The van der Waals surface area contributed by atoms with Gasteiger partial charge < -0.3 is 14.2 Å². The molecular weight excluding hydrogens is 324 g/mol. The van der Waals surface area contributed by atoms with Crippen LogP contribution >= 0.6 is 11.5 Å². The van der Waals surface area contributed by atoms with E-state index in [0.717, 1.165) is 33.7 Å². The Morgan fingerprint density at radius 3 is 2.42 bits per heavy atom. The Morgan fingerprint density at radius 1 is 0.958 bits per heavy atom. The van der Waals surface area contributed by atoms with Gasteiger partial charge in [0.25, 0.3) is 0 Å². The van der Waals surface area contributed by atoms with E-state index in [9.17, 15) is 0 Å². The van der Waals surface area contributed by atoms with E-state index in [4.69, 9.17) is 14.2 Å². The van der Waals surface area contributed by atoms with Gasteiger partial charge in [-0.15, -0.1) is 0 Å². The lowest BCUT2D eigenvalue weighted by Gasteiger charge is -2.13. The zero-order chi connectivity index (χ0) is 17.1. The minimum Gasteiger partial charge on any atom is -0.493 e. The lowest BCUT2D eigenvalue weighted by molar-refractivity contribution is 0.353. The first-order chi connectivity index (χ1) is 11.7. The molecule has 0 bridgehead atoms. The largest absolute Gasteiger partial charge is 0.493 e. The van der Waals surface area contributed by atoms with Gasteiger partial charge in [0.15, 0.2) is 11.5 Å². The molecule has 3 aromatic rings. The van der Waals surface area contributed by atoms with Gasteiger partial charge in [-0.1, -0.05) is 0 Å². The summed E-state index contributed by atoms with van der Waals surface area (Å²) in [5.41, 5.74) is 4.90. The zero-order valence-corrected chi connectivity index (χ0v) is 14.8. The molecule has 0 aliphatic heterocycles. The van der Waals surface area contributed by atoms with Crippen LogP contribution in [0.1, 0.15) is 5.56 Å². The average Bonchev–Trinajstić information content (AvgIpc) is 3.10. The molecule has 0 saturated heterocycles. The predicted octanol–water partition coefficient (Wildman–Crippen LogP) is 4.21. The van der Waals surface area contributed by atoms with Crippen LogP contribution in [0.15, 0.2) is 35.8 Å². The Labute approximate surface area is 145 Å². The fourth-order valence-electron chi connectivity index (χ4n) is 2.60. The number of rotatable bonds is 5. The van der Waals surface area contributed by atoms with Crippen LogP contribution in [0.3, 0.4) is 0 Å². The molecule has 24 heavy (non-hydrogen) atoms. The fourth-order valence-corrected chi connectivity index (χ4v) is 3.32. The van der Waals surface area contributed by atoms with Crippen molar-refractivity contribution in [1.29, 1.82) is 0 Å². The van der Waals surface area contributed by atoms with Crippen LogP contribution in [0.2, 0.25) is 0 Å². The summed E-state index contributed by atoms with van der Waals surface area (Å²) < 4.78 is 20.5. The first kappa shape index (κ1) is 16.3. The van der Waals surface area contributed by atoms with Crippen molar-refractivity contribution < 1.29 is 14.2 Å². The Kier molecular flexibility index (Phi) is 4.66. The molecular formula is C18H18N2O3S. The SMILES string of the molecule is COc1ccc(-c2csnc2-c2cc(C)c(OC)c(OC)c2)cn1. The van der Waals surface area contributed by atoms with E-state index >= 15 is 0 Å². The third kappa shape index (κ3) is 2.92. The fraction of sp³-hybridized carbons (Fsp3) is 0.222. The molecule has 0 fully saturated rings. The molecule has 0 spiro atoms. The maximum absolute atomic E-state index is 5.45. The first-order valence-corrected chi connectivity index (χ1v) is 8.19. The van der Waals surface area contributed by atoms with Crippen molar-refractivity contribution in [2.24, 2.45) is 0 Å². The predicted molar refractivity (Wildman–Crippen MR) is 95.2 cm³/mol. The Morgan fingerprint density at radius 2 is 1.79 bits per heavy atom. The Bertz CT molecular complexity index is 844. The highest BCUT2D eigenvalue weighted by Crippen LogP contribution is 2.39. The molecule has 3 rings (SSSR count). The smallest absolute Gasteiger partial charge is 0.212 e. The number of hydrogen-bond donors (Lipinski definition) is 0. The standard InChI is InChI=1S/C18H18N2O3S/c1-11-7-13(8-15(21-2)18(11)23-4)17-14(10-24-20-17)12-5-6-16(22-3)19-9-12/h5-10H,1-4H3. The van der Waals surface area contributed by atoms with E-state index in [1.165, 1.54) is 11.5 Å². The highest BCUT2D eigenvalue weighted by molar-refractivity contribution is 7.04. The summed E-state index contributed by atoms with van der Waals surface area (Å²) in [5, 5.41) is 2.02. The number of aromatic nitrogens is 2. The topological polar surface area (TPSA) is 53.5 Å². The third-order valence-electron chi connectivity index (χ3n) is 3.76. The van der Waals surface area contributed by atoms with E-state index in [2.05, 4.69) is 15.4 Å². The zero-order valence-electron chi connectivity index (χ0n) is 14.0. The molecule has 0 saturated carbocycles. The van der Waals surface area contributed by atoms with Crippen molar-refractivity contribution in [3.8, 4) is 39.8 Å². The van der Waals surface area contributed by atoms with Crippen molar-refractivity contribution in [2.75, 3.05) is 21.3 Å². The third-order valence-corrected chi connectivity index (χ3v) is 4.39. The van der Waals surface area contributed by atoms with E-state index < -0.39 is 0 Å². The molecule has 2 heterocycles. The Balaban J connectivity index is 2.08. The summed E-state index contributed by atoms with van der Waals surface area (Å²) >= 11 is 1.41. The van der Waals surface area contributed by atoms with Gasteiger partial charge in [0, 0.05) is 34.3 Å². The molecule has 124 valence electrons. The first-order valence-electron chi connectivity index (χ1n) is 7.35. The summed E-state index contributed by atoms with van der Waals surface area (Å²) in [7, 11) is 4.88. The summed E-state index contributed by atoms with van der Waals surface area (Å²) in [5.74, 6) is 2.02. The van der Waals surface area contributed by atoms with Gasteiger partial charge in [0.2, 0.25) is 5.88 Å². The van der Waals surface area contributed by atoms with Crippen molar-refractivity contribution in [2.45, 2.75) is 6.92 Å². The molecule has 6 heteroatoms. The lowest BCUT2D eigenvalue weighted by Crippen LogP contribution is -1.95. The molecule has 0 aliphatic carbocycles. The van der Waals surface area contributed by atoms with Gasteiger partial charge in [0.1, 0.15) is 0 Å². The van der Waals surface area contributed by atoms with E-state index in [0.29, 0.717) is 11.6 Å². The molecule has 0 unspecified atom stereocenters. The number of methoxy groups -OCH3 is 3. The van der Waals surface area contributed by atoms with E-state index in [-0.39, 0.29) is 0 Å². The van der Waals surface area contributed by atoms with Crippen molar-refractivity contribution >= 4 is 11.5 Å². The number of aryl methyl sites for hydroxylation is 1. The van der Waals surface area contributed by atoms with Gasteiger partial charge >= 0.3 is 0 Å². The molecule has 0 aliphatic rings. The van der Waals surface area contributed by atoms with Gasteiger partial charge in [-0.05, 0) is 42.2 Å². The monoisotopic (exact) mass is 342 g/mol. The second kappa shape index (κ2) is 6.88. The molecule has 0 atom stereocenters. The van der Waals surface area contributed by atoms with Crippen LogP contribution < -0.4 is 14.2 Å². The van der Waals surface area contributed by atoms with Crippen LogP contribution in [0.5, 0.6) is 17.4 Å². The van der Waals surface area contributed by atoms with Crippen molar-refractivity contribution in [1.82, 2.24) is 9.36 Å². The number of hydrogen-bond acceptors (Lipinski definition) is 6. The van der Waals surface area contributed by atoms with Gasteiger partial charge in [-0.25, -0.2) is 4.98 Å². The van der Waals surface area contributed by atoms with E-state index in [1.807, 2.05) is 30.5 Å². The molecule has 2 aromatic heterocycles. The quantitative estimate of drug-likeness (QED) is 0.695. The highest BCUT2D eigenvalue weighted by atomic mass is 32.1. The maximum atomic E-state index is 5.45. The van der Waals surface area contributed by atoms with Crippen LogP contribution in [-0.2, 0) is 0 Å². The Hall–Kier alpha value is -2.60. The van der Waals surface area contributed by atoms with Gasteiger partial charge in [-0.3, -0.25) is 0 Å². The second-order valence-electron chi connectivity index (χ2n) is 5.19. The van der Waals surface area contributed by atoms with E-state index in [1.54, 1.807) is 27.5 Å². The molecule has 0 radical (unpaired) electrons. The lowest BCUT2D eigenvalue weighted by atomic mass is 10.0. The normalized spacial score (nSPS) is 10.5. The maximum Gasteiger partial charge on any atom is 0.212 e. The number of pyridine rings is 1. The highest BCUT2D eigenvalue weighted by Gasteiger charge is 2.16. The summed E-state index contributed by atoms with van der Waals surface area (Å²) in [6, 6.07) is 7.82. The molecule has 5 nitrogen and oxygen atoms in total. The van der Waals surface area contributed by atoms with Crippen LogP contribution in [0.25, 0.3) is 22.4 Å². The summed E-state index contributed by atoms with van der Waals surface area (Å²) in [6.07, 6.45) is 1.79. The van der Waals surface area contributed by atoms with Gasteiger partial charge in [-0.2, -0.15) is 4.37 Å². The number of ether oxygens (including phenoxy) is 3. The average molecular weight is 342 g/mol. The van der Waals surface area contributed by atoms with Crippen LogP contribution in [0.4, 0.5) is 0 Å². The second-order valence-corrected chi connectivity index (χ2v) is 5.82. The van der Waals surface area contributed by atoms with Crippen molar-refractivity contribution in [3.63, 3.8) is 0 Å². The number of nitrogens with zero attached hydrogens (tertiary/aromatic N) is 2.